The second-order valence-corrected chi connectivity index (χ2v) is 11.2. The average molecular weight is 561 g/mol. The topological polar surface area (TPSA) is 99.0 Å². The molecule has 2 N–H and O–H groups in total. The number of carbonyl (C=O) groups excluding carboxylic acids is 2. The molecular weight excluding hydrogens is 530 g/mol. The molecule has 2 aliphatic rings. The number of aliphatic imine (C=N–C) groups is 2. The minimum atomic E-state index is -2.85. The molecule has 0 bridgehead atoms. The number of aromatic nitrogens is 1. The van der Waals surface area contributed by atoms with Crippen LogP contribution in [0.15, 0.2) is 51.4 Å². The Balaban J connectivity index is 1.25. The number of nitrogens with zero attached hydrogens (tertiary/aromatic N) is 4. The zero-order valence-electron chi connectivity index (χ0n) is 21.2. The number of carbonyl (C=O) groups is 2. The maximum Gasteiger partial charge on any atom is 0.290 e. The number of thiophene rings is 1. The third-order valence-electron chi connectivity index (χ3n) is 6.17. The van der Waals surface area contributed by atoms with Gasteiger partial charge in [0.05, 0.1) is 26.9 Å². The van der Waals surface area contributed by atoms with Crippen molar-refractivity contribution in [1.82, 2.24) is 20.5 Å². The van der Waals surface area contributed by atoms with E-state index in [1.807, 2.05) is 19.1 Å². The van der Waals surface area contributed by atoms with Crippen molar-refractivity contribution in [2.24, 2.45) is 15.9 Å². The molecule has 202 valence electrons. The van der Waals surface area contributed by atoms with Gasteiger partial charge in [-0.1, -0.05) is 0 Å². The Morgan fingerprint density at radius 2 is 2.08 bits per heavy atom. The van der Waals surface area contributed by atoms with Crippen LogP contribution in [0, 0.1) is 5.92 Å². The van der Waals surface area contributed by atoms with E-state index in [9.17, 15) is 18.4 Å². The summed E-state index contributed by atoms with van der Waals surface area (Å²) in [6.45, 7) is 6.22. The Morgan fingerprint density at radius 1 is 1.29 bits per heavy atom. The van der Waals surface area contributed by atoms with Crippen molar-refractivity contribution in [3.05, 3.63) is 51.9 Å². The SMILES string of the molecule is CC=NC(=NC/C=C1\SC(=O)NC1=O)N1CCC(CNCc2ccnc(-c3ccc(C(C)(F)F)s3)c2)CC1. The summed E-state index contributed by atoms with van der Waals surface area (Å²) in [6, 6.07) is 7.05. The zero-order chi connectivity index (χ0) is 27.1. The number of rotatable bonds is 8. The van der Waals surface area contributed by atoms with Crippen molar-refractivity contribution in [2.75, 3.05) is 26.2 Å². The summed E-state index contributed by atoms with van der Waals surface area (Å²) in [5, 5.41) is 5.40. The van der Waals surface area contributed by atoms with Gasteiger partial charge in [-0.2, -0.15) is 0 Å². The van der Waals surface area contributed by atoms with Crippen LogP contribution in [0.4, 0.5) is 13.6 Å². The summed E-state index contributed by atoms with van der Waals surface area (Å²) in [5.74, 6) is -2.09. The van der Waals surface area contributed by atoms with E-state index >= 15 is 0 Å². The average Bonchev–Trinajstić information content (AvgIpc) is 3.51. The number of pyridine rings is 1. The van der Waals surface area contributed by atoms with Gasteiger partial charge >= 0.3 is 0 Å². The molecule has 38 heavy (non-hydrogen) atoms. The van der Waals surface area contributed by atoms with Gasteiger partial charge in [0.2, 0.25) is 5.96 Å². The number of piperidine rings is 1. The van der Waals surface area contributed by atoms with Crippen molar-refractivity contribution in [3.63, 3.8) is 0 Å². The third-order valence-corrected chi connectivity index (χ3v) is 8.31. The quantitative estimate of drug-likeness (QED) is 0.267. The standard InChI is InChI=1S/C26H30F2N6O2S2/c1-3-30-24(32-11-7-21-23(35)33-25(36)38-21)34-12-8-17(9-13-34)15-29-16-18-6-10-31-19(14-18)20-4-5-22(37-20)26(2,27)28/h3-7,10,14,17,29H,8-9,11-13,15-16H2,1-2H3,(H,33,35,36)/b21-7-,30-3?,32-24?. The second kappa shape index (κ2) is 12.7. The fourth-order valence-corrected chi connectivity index (χ4v) is 5.75. The Kier molecular flexibility index (Phi) is 9.40. The van der Waals surface area contributed by atoms with Gasteiger partial charge in [-0.25, -0.2) is 18.8 Å². The molecule has 0 aromatic carbocycles. The number of imide groups is 1. The smallest absolute Gasteiger partial charge is 0.290 e. The summed E-state index contributed by atoms with van der Waals surface area (Å²) in [5.41, 5.74) is 1.76. The number of nitrogens with one attached hydrogen (secondary N) is 2. The molecule has 0 aliphatic carbocycles. The molecule has 0 atom stereocenters. The minimum absolute atomic E-state index is 0.0377. The van der Waals surface area contributed by atoms with Crippen LogP contribution < -0.4 is 10.6 Å². The van der Waals surface area contributed by atoms with E-state index in [-0.39, 0.29) is 22.6 Å². The molecule has 2 aromatic rings. The van der Waals surface area contributed by atoms with Gasteiger partial charge in [0.1, 0.15) is 0 Å². The van der Waals surface area contributed by atoms with Crippen molar-refractivity contribution < 1.29 is 18.4 Å². The van der Waals surface area contributed by atoms with Crippen LogP contribution in [0.25, 0.3) is 10.6 Å². The monoisotopic (exact) mass is 560 g/mol. The number of amides is 2. The number of halogens is 2. The van der Waals surface area contributed by atoms with E-state index in [0.29, 0.717) is 29.0 Å². The normalized spacial score (nSPS) is 18.7. The van der Waals surface area contributed by atoms with Crippen molar-refractivity contribution >= 4 is 46.4 Å². The van der Waals surface area contributed by atoms with Gasteiger partial charge in [-0.15, -0.1) is 11.3 Å². The number of thioether (sulfide) groups is 1. The lowest BCUT2D eigenvalue weighted by atomic mass is 9.97. The highest BCUT2D eigenvalue weighted by molar-refractivity contribution is 8.18. The Bertz CT molecular complexity index is 1250. The molecule has 2 fully saturated rings. The molecular formula is C26H30F2N6O2S2. The third kappa shape index (κ3) is 7.55. The van der Waals surface area contributed by atoms with Crippen LogP contribution in [0.1, 0.15) is 37.1 Å². The van der Waals surface area contributed by atoms with E-state index in [1.165, 1.54) is 6.07 Å². The molecule has 4 heterocycles. The number of hydrogen-bond acceptors (Lipinski definition) is 7. The molecule has 0 spiro atoms. The van der Waals surface area contributed by atoms with E-state index in [1.54, 1.807) is 24.6 Å². The first kappa shape index (κ1) is 28.1. The summed E-state index contributed by atoms with van der Waals surface area (Å²) in [7, 11) is 0. The molecule has 12 heteroatoms. The second-order valence-electron chi connectivity index (χ2n) is 9.10. The predicted octanol–water partition coefficient (Wildman–Crippen LogP) is 5.04. The molecule has 2 aliphatic heterocycles. The Morgan fingerprint density at radius 3 is 2.74 bits per heavy atom. The molecule has 0 unspecified atom stereocenters. The van der Waals surface area contributed by atoms with Gasteiger partial charge in [0.25, 0.3) is 17.1 Å². The number of alkyl halides is 2. The first-order chi connectivity index (χ1) is 18.2. The van der Waals surface area contributed by atoms with Crippen molar-refractivity contribution in [2.45, 2.75) is 39.2 Å². The van der Waals surface area contributed by atoms with Crippen LogP contribution >= 0.6 is 23.1 Å². The molecule has 2 saturated heterocycles. The van der Waals surface area contributed by atoms with E-state index in [2.05, 4.69) is 30.5 Å². The lowest BCUT2D eigenvalue weighted by Crippen LogP contribution is -2.40. The highest BCUT2D eigenvalue weighted by Gasteiger charge is 2.27. The molecule has 0 saturated carbocycles. The van der Waals surface area contributed by atoms with Crippen LogP contribution in [-0.2, 0) is 17.3 Å². The zero-order valence-corrected chi connectivity index (χ0v) is 22.9. The number of guanidine groups is 1. The predicted molar refractivity (Wildman–Crippen MR) is 149 cm³/mol. The van der Waals surface area contributed by atoms with Crippen molar-refractivity contribution in [3.8, 4) is 10.6 Å². The first-order valence-electron chi connectivity index (χ1n) is 12.4. The largest absolute Gasteiger partial charge is 0.341 e. The van der Waals surface area contributed by atoms with Gasteiger partial charge in [-0.3, -0.25) is 19.9 Å². The van der Waals surface area contributed by atoms with Gasteiger partial charge in [0.15, 0.2) is 0 Å². The summed E-state index contributed by atoms with van der Waals surface area (Å²) < 4.78 is 27.2. The van der Waals surface area contributed by atoms with Gasteiger partial charge in [0, 0.05) is 39.0 Å². The van der Waals surface area contributed by atoms with Gasteiger partial charge in [-0.05, 0) is 79.9 Å². The molecule has 2 amide bonds. The lowest BCUT2D eigenvalue weighted by molar-refractivity contribution is -0.115. The van der Waals surface area contributed by atoms with Crippen molar-refractivity contribution in [1.29, 1.82) is 0 Å². The lowest BCUT2D eigenvalue weighted by Gasteiger charge is -2.32. The number of likely N-dealkylation sites (tertiary alicyclic amines) is 1. The molecule has 8 nitrogen and oxygen atoms in total. The van der Waals surface area contributed by atoms with E-state index in [4.69, 9.17) is 0 Å². The maximum atomic E-state index is 13.6. The molecule has 0 radical (unpaired) electrons. The number of hydrogen-bond donors (Lipinski definition) is 2. The van der Waals surface area contributed by atoms with Crippen LogP contribution in [0.2, 0.25) is 0 Å². The van der Waals surface area contributed by atoms with Crippen LogP contribution in [-0.4, -0.2) is 59.4 Å². The van der Waals surface area contributed by atoms with E-state index in [0.717, 1.165) is 72.9 Å². The molecule has 2 aromatic heterocycles. The highest BCUT2D eigenvalue weighted by Crippen LogP contribution is 2.36. The Hall–Kier alpha value is -2.96. The molecule has 4 rings (SSSR count). The minimum Gasteiger partial charge on any atom is -0.341 e. The summed E-state index contributed by atoms with van der Waals surface area (Å²) in [4.78, 5) is 39.6. The van der Waals surface area contributed by atoms with Gasteiger partial charge < -0.3 is 10.2 Å². The maximum absolute atomic E-state index is 13.6. The first-order valence-corrected chi connectivity index (χ1v) is 14.0. The Labute approximate surface area is 228 Å². The fraction of sp³-hybridized carbons (Fsp3) is 0.423. The highest BCUT2D eigenvalue weighted by atomic mass is 32.2. The summed E-state index contributed by atoms with van der Waals surface area (Å²) in [6.07, 6.45) is 7.05. The summed E-state index contributed by atoms with van der Waals surface area (Å²) >= 11 is 1.96. The van der Waals surface area contributed by atoms with Crippen LogP contribution in [0.3, 0.4) is 0 Å². The van der Waals surface area contributed by atoms with Crippen LogP contribution in [0.5, 0.6) is 0 Å². The van der Waals surface area contributed by atoms with E-state index < -0.39 is 5.92 Å². The fourth-order valence-electron chi connectivity index (χ4n) is 4.20.